The van der Waals surface area contributed by atoms with E-state index in [2.05, 4.69) is 20.1 Å². The van der Waals surface area contributed by atoms with Crippen molar-refractivity contribution >= 4 is 11.4 Å². The van der Waals surface area contributed by atoms with Crippen LogP contribution >= 0.6 is 0 Å². The van der Waals surface area contributed by atoms with Gasteiger partial charge in [-0.3, -0.25) is 9.80 Å². The summed E-state index contributed by atoms with van der Waals surface area (Å²) in [5.74, 6) is 1.76. The van der Waals surface area contributed by atoms with Crippen molar-refractivity contribution in [3.63, 3.8) is 0 Å². The van der Waals surface area contributed by atoms with Crippen molar-refractivity contribution in [2.75, 3.05) is 26.2 Å². The number of rotatable bonds is 6. The fraction of sp³-hybridized carbons (Fsp3) is 0.931. The van der Waals surface area contributed by atoms with Gasteiger partial charge in [0.25, 0.3) is 0 Å². The van der Waals surface area contributed by atoms with Crippen molar-refractivity contribution in [2.45, 2.75) is 134 Å². The third kappa shape index (κ3) is 7.92. The van der Waals surface area contributed by atoms with Gasteiger partial charge in [0.15, 0.2) is 0 Å². The zero-order chi connectivity index (χ0) is 24.3. The lowest BCUT2D eigenvalue weighted by Crippen LogP contribution is -2.46. The lowest BCUT2D eigenvalue weighted by atomic mass is 9.85. The normalized spacial score (nSPS) is 32.2. The van der Waals surface area contributed by atoms with Crippen LogP contribution < -0.4 is 0 Å². The van der Waals surface area contributed by atoms with Crippen LogP contribution in [-0.4, -0.2) is 69.9 Å². The van der Waals surface area contributed by atoms with Crippen LogP contribution in [0.5, 0.6) is 0 Å². The Kier molecular flexibility index (Phi) is 11.2. The van der Waals surface area contributed by atoms with E-state index in [0.29, 0.717) is 12.1 Å². The predicted octanol–water partition coefficient (Wildman–Crippen LogP) is 6.69. The molecule has 2 saturated carbocycles. The van der Waals surface area contributed by atoms with Gasteiger partial charge in [-0.1, -0.05) is 68.1 Å². The largest absolute Gasteiger partial charge is 0.411 e. The first-order chi connectivity index (χ1) is 17.3. The van der Waals surface area contributed by atoms with E-state index in [4.69, 9.17) is 0 Å². The Bertz CT molecular complexity index is 610. The number of hydrogen-bond donors (Lipinski definition) is 2. The van der Waals surface area contributed by atoms with Crippen LogP contribution in [0.2, 0.25) is 0 Å². The van der Waals surface area contributed by atoms with Crippen LogP contribution in [0.25, 0.3) is 0 Å². The molecule has 2 atom stereocenters. The average molecular weight is 489 g/mol. The molecule has 4 fully saturated rings. The lowest BCUT2D eigenvalue weighted by molar-refractivity contribution is 0.135. The molecule has 0 aromatic rings. The monoisotopic (exact) mass is 488 g/mol. The number of likely N-dealkylation sites (tertiary alicyclic amines) is 2. The summed E-state index contributed by atoms with van der Waals surface area (Å²) in [5, 5.41) is 26.6. The van der Waals surface area contributed by atoms with Crippen molar-refractivity contribution in [2.24, 2.45) is 22.1 Å². The zero-order valence-electron chi connectivity index (χ0n) is 22.3. The minimum absolute atomic E-state index is 0.390. The molecular weight excluding hydrogens is 436 g/mol. The van der Waals surface area contributed by atoms with Crippen LogP contribution in [-0.2, 0) is 0 Å². The Labute approximate surface area is 214 Å². The molecule has 0 aromatic heterocycles. The molecule has 0 radical (unpaired) electrons. The van der Waals surface area contributed by atoms with Gasteiger partial charge in [-0.2, -0.15) is 0 Å². The third-order valence-corrected chi connectivity index (χ3v) is 9.75. The molecule has 2 unspecified atom stereocenters. The molecule has 2 aliphatic carbocycles. The Morgan fingerprint density at radius 1 is 0.543 bits per heavy atom. The predicted molar refractivity (Wildman–Crippen MR) is 144 cm³/mol. The summed E-state index contributed by atoms with van der Waals surface area (Å²) in [4.78, 5) is 5.26. The first-order valence-corrected chi connectivity index (χ1v) is 15.2. The van der Waals surface area contributed by atoms with Crippen LogP contribution in [0.3, 0.4) is 0 Å². The second-order valence-corrected chi connectivity index (χ2v) is 12.0. The molecule has 0 spiro atoms. The van der Waals surface area contributed by atoms with Gasteiger partial charge >= 0.3 is 0 Å². The minimum Gasteiger partial charge on any atom is -0.411 e. The van der Waals surface area contributed by atoms with E-state index in [1.807, 2.05) is 0 Å². The van der Waals surface area contributed by atoms with Gasteiger partial charge in [0.05, 0.1) is 23.5 Å². The highest BCUT2D eigenvalue weighted by Gasteiger charge is 2.31. The van der Waals surface area contributed by atoms with E-state index in [-0.39, 0.29) is 0 Å². The van der Waals surface area contributed by atoms with E-state index in [1.165, 1.54) is 135 Å². The van der Waals surface area contributed by atoms with Gasteiger partial charge < -0.3 is 10.4 Å². The number of hydrogen-bond acceptors (Lipinski definition) is 6. The van der Waals surface area contributed by atoms with E-state index in [0.717, 1.165) is 36.1 Å². The smallest absolute Gasteiger partial charge is 0.0742 e. The van der Waals surface area contributed by atoms with Crippen molar-refractivity contribution in [3.8, 4) is 0 Å². The second-order valence-electron chi connectivity index (χ2n) is 12.0. The summed E-state index contributed by atoms with van der Waals surface area (Å²) < 4.78 is 0. The highest BCUT2D eigenvalue weighted by atomic mass is 16.4. The summed E-state index contributed by atoms with van der Waals surface area (Å²) in [6, 6.07) is 0.779. The zero-order valence-corrected chi connectivity index (χ0v) is 22.3. The molecule has 200 valence electrons. The van der Waals surface area contributed by atoms with Gasteiger partial charge in [-0.15, -0.1) is 0 Å². The van der Waals surface area contributed by atoms with E-state index in [1.54, 1.807) is 0 Å². The quantitative estimate of drug-likeness (QED) is 0.323. The van der Waals surface area contributed by atoms with Gasteiger partial charge in [-0.25, -0.2) is 0 Å². The Balaban J connectivity index is 1.13. The maximum Gasteiger partial charge on any atom is 0.0742 e. The molecule has 2 saturated heterocycles. The van der Waals surface area contributed by atoms with E-state index < -0.39 is 0 Å². The van der Waals surface area contributed by atoms with Crippen LogP contribution in [0, 0.1) is 11.8 Å². The molecule has 0 bridgehead atoms. The summed E-state index contributed by atoms with van der Waals surface area (Å²) in [5.41, 5.74) is 2.09. The molecule has 4 rings (SSSR count). The van der Waals surface area contributed by atoms with Crippen LogP contribution in [0.4, 0.5) is 0 Å². The van der Waals surface area contributed by atoms with Crippen molar-refractivity contribution in [1.82, 2.24) is 9.80 Å². The molecule has 6 heteroatoms. The van der Waals surface area contributed by atoms with Gasteiger partial charge in [-0.05, 0) is 102 Å². The maximum absolute atomic E-state index is 9.58. The topological polar surface area (TPSA) is 71.7 Å². The summed E-state index contributed by atoms with van der Waals surface area (Å²) in [6.45, 7) is 4.73. The Morgan fingerprint density at radius 3 is 1.34 bits per heavy atom. The molecule has 2 heterocycles. The SMILES string of the molecule is O/N=C1\CCCCCCC1N1CCC(CCCC2CCN(C3CCCCCC/C3=N\O)CC2)CC1. The second kappa shape index (κ2) is 14.6. The fourth-order valence-electron chi connectivity index (χ4n) is 7.48. The van der Waals surface area contributed by atoms with Crippen molar-refractivity contribution in [3.05, 3.63) is 0 Å². The third-order valence-electron chi connectivity index (χ3n) is 9.75. The minimum atomic E-state index is 0.390. The molecular formula is C29H52N4O2. The lowest BCUT2D eigenvalue weighted by Gasteiger charge is -2.39. The standard InChI is InChI=1S/C29H52N4O2/c34-30-26-12-5-1-3-7-14-28(26)32-20-16-24(17-21-32)10-9-11-25-18-22-33(23-19-25)29-15-8-4-2-6-13-27(29)31-35/h24-25,28-29,34-35H,1-23H2/b30-26+,31-27+. The molecule has 4 aliphatic rings. The molecule has 6 nitrogen and oxygen atoms in total. The van der Waals surface area contributed by atoms with Crippen LogP contribution in [0.1, 0.15) is 122 Å². The van der Waals surface area contributed by atoms with Crippen LogP contribution in [0.15, 0.2) is 10.3 Å². The van der Waals surface area contributed by atoms with E-state index in [9.17, 15) is 10.4 Å². The number of piperidine rings is 2. The molecule has 0 amide bonds. The number of oxime groups is 2. The summed E-state index contributed by atoms with van der Waals surface area (Å²) >= 11 is 0. The highest BCUT2D eigenvalue weighted by molar-refractivity contribution is 5.89. The first-order valence-electron chi connectivity index (χ1n) is 15.2. The first kappa shape index (κ1) is 26.9. The van der Waals surface area contributed by atoms with Crippen molar-refractivity contribution < 1.29 is 10.4 Å². The molecule has 2 N–H and O–H groups in total. The Morgan fingerprint density at radius 2 is 0.943 bits per heavy atom. The van der Waals surface area contributed by atoms with Gasteiger partial charge in [0.1, 0.15) is 0 Å². The van der Waals surface area contributed by atoms with Gasteiger partial charge in [0, 0.05) is 0 Å². The molecule has 0 aromatic carbocycles. The molecule has 35 heavy (non-hydrogen) atoms. The fourth-order valence-corrected chi connectivity index (χ4v) is 7.48. The highest BCUT2D eigenvalue weighted by Crippen LogP contribution is 2.31. The van der Waals surface area contributed by atoms with Crippen molar-refractivity contribution in [1.29, 1.82) is 0 Å². The van der Waals surface area contributed by atoms with Gasteiger partial charge in [0.2, 0.25) is 0 Å². The number of nitrogens with zero attached hydrogens (tertiary/aromatic N) is 4. The maximum atomic E-state index is 9.58. The summed E-state index contributed by atoms with van der Waals surface area (Å²) in [7, 11) is 0. The average Bonchev–Trinajstić information content (AvgIpc) is 2.86. The molecule has 2 aliphatic heterocycles. The Hall–Kier alpha value is -1.14. The van der Waals surface area contributed by atoms with E-state index >= 15 is 0 Å². The summed E-state index contributed by atoms with van der Waals surface area (Å²) in [6.07, 6.45) is 23.9.